The molecule has 0 amide bonds. The highest BCUT2D eigenvalue weighted by atomic mass is 16.5. The lowest BCUT2D eigenvalue weighted by Crippen LogP contribution is -2.26. The predicted molar refractivity (Wildman–Crippen MR) is 290 cm³/mol. The lowest BCUT2D eigenvalue weighted by molar-refractivity contribution is 0.481. The summed E-state index contributed by atoms with van der Waals surface area (Å²) in [5, 5.41) is 2.38. The topological polar surface area (TPSA) is 33.5 Å². The number of hydrogen-bond acceptors (Lipinski definition) is 4. The number of hydrogen-bond donors (Lipinski definition) is 0. The molecule has 1 aliphatic rings. The first-order chi connectivity index (χ1) is 32.9. The second kappa shape index (κ2) is 17.3. The molecule has 0 unspecified atom stereocenters. The van der Waals surface area contributed by atoms with Crippen molar-refractivity contribution < 1.29 is 4.74 Å². The Kier molecular flexibility index (Phi) is 11.4. The largest absolute Gasteiger partial charge is 0.457 e. The Hall–Kier alpha value is -7.37. The van der Waals surface area contributed by atoms with Gasteiger partial charge in [0, 0.05) is 63.7 Å². The number of benzene rings is 7. The molecule has 2 aromatic heterocycles. The van der Waals surface area contributed by atoms with Gasteiger partial charge in [0.25, 0.3) is 0 Å². The average molecular weight is 905 g/mol. The smallest absolute Gasteiger partial charge is 0.137 e. The predicted octanol–water partition coefficient (Wildman–Crippen LogP) is 16.6. The van der Waals surface area contributed by atoms with Crippen LogP contribution in [0.2, 0.25) is 0 Å². The molecule has 0 N–H and O–H groups in total. The molecule has 346 valence electrons. The van der Waals surface area contributed by atoms with Crippen molar-refractivity contribution in [3.63, 3.8) is 0 Å². The number of rotatable bonds is 10. The van der Waals surface area contributed by atoms with E-state index in [2.05, 4.69) is 272 Å². The van der Waals surface area contributed by atoms with Gasteiger partial charge in [-0.15, -0.1) is 0 Å². The van der Waals surface area contributed by atoms with Gasteiger partial charge in [-0.3, -0.25) is 4.57 Å². The van der Waals surface area contributed by atoms with Crippen molar-refractivity contribution in [2.75, 3.05) is 16.5 Å². The van der Waals surface area contributed by atoms with E-state index in [0.29, 0.717) is 6.67 Å². The highest BCUT2D eigenvalue weighted by Gasteiger charge is 2.31. The first-order valence-corrected chi connectivity index (χ1v) is 24.4. The molecule has 69 heavy (non-hydrogen) atoms. The standard InChI is InChI=1S/C64H64N4O/c1-61(2,3)48-30-31-65-59(39-48)68-57-29-21-20-28-55(57)60-56(64(9,10)47-26-18-13-19-27-47)41-54(42-58(60)68)69-53-35-45(44-22-14-11-15-23-44)34-51(40-53)66-32-33-67(43-66)52-37-49(62(4,5)6)36-50(38-52)63(7,8)46-24-16-12-17-25-46/h11-42H,43H2,1-10H3. The van der Waals surface area contributed by atoms with Gasteiger partial charge in [0.15, 0.2) is 0 Å². The van der Waals surface area contributed by atoms with E-state index in [1.807, 2.05) is 6.20 Å². The summed E-state index contributed by atoms with van der Waals surface area (Å²) < 4.78 is 9.57. The van der Waals surface area contributed by atoms with Gasteiger partial charge in [0.1, 0.15) is 17.3 Å². The third kappa shape index (κ3) is 8.72. The number of pyridine rings is 1. The fourth-order valence-electron chi connectivity index (χ4n) is 9.97. The van der Waals surface area contributed by atoms with E-state index in [1.165, 1.54) is 49.8 Å². The van der Waals surface area contributed by atoms with Gasteiger partial charge in [-0.2, -0.15) is 0 Å². The zero-order valence-electron chi connectivity index (χ0n) is 41.9. The average Bonchev–Trinajstić information content (AvgIpc) is 3.98. The Balaban J connectivity index is 1.09. The molecule has 0 fully saturated rings. The second-order valence-corrected chi connectivity index (χ2v) is 21.9. The summed E-state index contributed by atoms with van der Waals surface area (Å²) in [6.07, 6.45) is 6.36. The second-order valence-electron chi connectivity index (χ2n) is 21.9. The zero-order chi connectivity index (χ0) is 48.3. The van der Waals surface area contributed by atoms with E-state index in [-0.39, 0.29) is 21.7 Å². The van der Waals surface area contributed by atoms with Crippen LogP contribution in [-0.2, 0) is 21.7 Å². The number of anilines is 2. The molecule has 0 radical (unpaired) electrons. The van der Waals surface area contributed by atoms with Crippen LogP contribution in [0.15, 0.2) is 195 Å². The highest BCUT2D eigenvalue weighted by Crippen LogP contribution is 2.46. The molecule has 0 saturated carbocycles. The summed E-state index contributed by atoms with van der Waals surface area (Å²) in [6, 6.07) is 63.7. The minimum Gasteiger partial charge on any atom is -0.457 e. The maximum atomic E-state index is 7.25. The quantitative estimate of drug-likeness (QED) is 0.137. The molecule has 9 aromatic rings. The Morgan fingerprint density at radius 3 is 1.65 bits per heavy atom. The molecule has 0 saturated heterocycles. The molecule has 1 aliphatic heterocycles. The van der Waals surface area contributed by atoms with Crippen LogP contribution in [0.5, 0.6) is 11.5 Å². The third-order valence-electron chi connectivity index (χ3n) is 14.4. The Labute approximate surface area is 409 Å². The molecule has 5 heteroatoms. The summed E-state index contributed by atoms with van der Waals surface area (Å²) >= 11 is 0. The summed E-state index contributed by atoms with van der Waals surface area (Å²) in [5.74, 6) is 2.41. The first-order valence-electron chi connectivity index (χ1n) is 24.4. The molecule has 0 aliphatic carbocycles. The third-order valence-corrected chi connectivity index (χ3v) is 14.4. The fourth-order valence-corrected chi connectivity index (χ4v) is 9.97. The summed E-state index contributed by atoms with van der Waals surface area (Å²) in [4.78, 5) is 9.73. The number of fused-ring (bicyclic) bond motifs is 3. The normalized spacial score (nSPS) is 13.5. The van der Waals surface area contributed by atoms with Crippen molar-refractivity contribution in [1.82, 2.24) is 9.55 Å². The van der Waals surface area contributed by atoms with Gasteiger partial charge in [-0.1, -0.05) is 184 Å². The van der Waals surface area contributed by atoms with Gasteiger partial charge >= 0.3 is 0 Å². The van der Waals surface area contributed by atoms with Crippen LogP contribution in [-0.4, -0.2) is 16.2 Å². The lowest BCUT2D eigenvalue weighted by atomic mass is 9.75. The van der Waals surface area contributed by atoms with E-state index in [0.717, 1.165) is 45.2 Å². The number of para-hydroxylation sites is 1. The van der Waals surface area contributed by atoms with E-state index >= 15 is 0 Å². The van der Waals surface area contributed by atoms with Crippen molar-refractivity contribution in [1.29, 1.82) is 0 Å². The van der Waals surface area contributed by atoms with E-state index in [1.54, 1.807) is 0 Å². The number of nitrogens with zero attached hydrogens (tertiary/aromatic N) is 4. The number of ether oxygens (including phenoxy) is 1. The molecular formula is C64H64N4O. The zero-order valence-corrected chi connectivity index (χ0v) is 41.9. The van der Waals surface area contributed by atoms with Crippen LogP contribution in [0.25, 0.3) is 38.8 Å². The number of aromatic nitrogens is 2. The van der Waals surface area contributed by atoms with Gasteiger partial charge in [-0.25, -0.2) is 4.98 Å². The summed E-state index contributed by atoms with van der Waals surface area (Å²) in [5.41, 5.74) is 13.5. The van der Waals surface area contributed by atoms with E-state index in [4.69, 9.17) is 9.72 Å². The van der Waals surface area contributed by atoms with Gasteiger partial charge in [-0.05, 0) is 104 Å². The molecule has 5 nitrogen and oxygen atoms in total. The highest BCUT2D eigenvalue weighted by molar-refractivity contribution is 6.11. The SMILES string of the molecule is CC(C)(C)c1cc(N2C=CN(c3cc(Oc4cc(C(C)(C)c5ccccc5)c5c6ccccc6n(-c6cc(C(C)(C)C)ccn6)c5c4)cc(-c4ccccc4)c3)C2)cc(C(C)(C)c2ccccc2)c1. The molecular weight excluding hydrogens is 841 g/mol. The minimum atomic E-state index is -0.379. The van der Waals surface area contributed by atoms with E-state index < -0.39 is 0 Å². The Bertz CT molecular complexity index is 3350. The monoisotopic (exact) mass is 905 g/mol. The van der Waals surface area contributed by atoms with Crippen molar-refractivity contribution in [2.45, 2.75) is 90.9 Å². The minimum absolute atomic E-state index is 0.0303. The Morgan fingerprint density at radius 2 is 1.00 bits per heavy atom. The van der Waals surface area contributed by atoms with Gasteiger partial charge in [0.2, 0.25) is 0 Å². The van der Waals surface area contributed by atoms with Crippen LogP contribution in [0, 0.1) is 0 Å². The summed E-state index contributed by atoms with van der Waals surface area (Å²) in [7, 11) is 0. The first kappa shape index (κ1) is 45.4. The molecule has 10 rings (SSSR count). The van der Waals surface area contributed by atoms with Crippen LogP contribution >= 0.6 is 0 Å². The van der Waals surface area contributed by atoms with E-state index in [9.17, 15) is 0 Å². The van der Waals surface area contributed by atoms with Crippen LogP contribution in [0.1, 0.15) is 103 Å². The maximum absolute atomic E-state index is 7.25. The van der Waals surface area contributed by atoms with Gasteiger partial charge < -0.3 is 14.5 Å². The van der Waals surface area contributed by atoms with Crippen LogP contribution < -0.4 is 14.5 Å². The van der Waals surface area contributed by atoms with Crippen LogP contribution in [0.4, 0.5) is 11.4 Å². The van der Waals surface area contributed by atoms with Crippen molar-refractivity contribution in [3.05, 3.63) is 228 Å². The van der Waals surface area contributed by atoms with Gasteiger partial charge in [0.05, 0.1) is 17.7 Å². The van der Waals surface area contributed by atoms with Crippen molar-refractivity contribution >= 4 is 33.2 Å². The molecule has 0 atom stereocenters. The van der Waals surface area contributed by atoms with Crippen LogP contribution in [0.3, 0.4) is 0 Å². The molecule has 0 spiro atoms. The Morgan fingerprint density at radius 1 is 0.435 bits per heavy atom. The van der Waals surface area contributed by atoms with Crippen molar-refractivity contribution in [3.8, 4) is 28.4 Å². The molecule has 7 aromatic carbocycles. The summed E-state index contributed by atoms with van der Waals surface area (Å²) in [6.45, 7) is 23.7. The molecule has 0 bridgehead atoms. The fraction of sp³-hybridized carbons (Fsp3) is 0.234. The lowest BCUT2D eigenvalue weighted by Gasteiger charge is -2.31. The van der Waals surface area contributed by atoms with Crippen molar-refractivity contribution in [2.24, 2.45) is 0 Å². The maximum Gasteiger partial charge on any atom is 0.137 e. The molecule has 3 heterocycles.